The third-order valence-corrected chi connectivity index (χ3v) is 1.59. The second kappa shape index (κ2) is 17.4. The van der Waals surface area contributed by atoms with Crippen molar-refractivity contribution in [3.8, 4) is 0 Å². The summed E-state index contributed by atoms with van der Waals surface area (Å²) in [5.74, 6) is -0.1000. The maximum atomic E-state index is 10.1. The van der Waals surface area contributed by atoms with E-state index < -0.39 is 34.8 Å². The first-order chi connectivity index (χ1) is 7.33. The molecule has 0 aliphatic rings. The average molecular weight is 292 g/mol. The lowest BCUT2D eigenvalue weighted by molar-refractivity contribution is -0.138. The molecule has 100 valence electrons. The Morgan fingerprint density at radius 3 is 2.25 bits per heavy atom. The number of carboxylic acid groups (broad SMARTS) is 1. The molecule has 0 aliphatic heterocycles. The van der Waals surface area contributed by atoms with Crippen molar-refractivity contribution in [1.29, 1.82) is 4.78 Å². The molecule has 0 radical (unpaired) electrons. The second-order valence-corrected chi connectivity index (χ2v) is 4.48. The molecule has 0 aliphatic carbocycles. The molecule has 0 rings (SSSR count). The average Bonchev–Trinajstić information content (AvgIpc) is 2.14. The first-order valence-corrected chi connectivity index (χ1v) is 7.70. The van der Waals surface area contributed by atoms with Gasteiger partial charge in [0.2, 0.25) is 0 Å². The van der Waals surface area contributed by atoms with Gasteiger partial charge in [0.15, 0.2) is 0 Å². The van der Waals surface area contributed by atoms with Crippen LogP contribution in [0.1, 0.15) is 6.42 Å². The van der Waals surface area contributed by atoms with Crippen molar-refractivity contribution in [2.75, 3.05) is 18.3 Å². The third-order valence-electron chi connectivity index (χ3n) is 0.950. The lowest BCUT2D eigenvalue weighted by Gasteiger charge is -2.02. The normalized spacial score (nSPS) is 12.3. The summed E-state index contributed by atoms with van der Waals surface area (Å²) in [7, 11) is 0. The molecule has 2 atom stereocenters. The molecule has 1 unspecified atom stereocenters. The fourth-order valence-corrected chi connectivity index (χ4v) is 0.858. The number of thiol groups is 1. The molecule has 0 aromatic carbocycles. The molecule has 0 aromatic rings. The topological polar surface area (TPSA) is 153 Å². The molecule has 0 aromatic heterocycles. The van der Waals surface area contributed by atoms with Crippen LogP contribution in [0, 0.1) is 4.78 Å². The first-order valence-electron chi connectivity index (χ1n) is 3.87. The number of hydrogen-bond donors (Lipinski definition) is 4. The molecular weight excluding hydrogens is 274 g/mol. The molecule has 0 heterocycles. The Balaban J connectivity index is -0.000000201. The predicted molar refractivity (Wildman–Crippen MR) is 69.0 cm³/mol. The fraction of sp³-hybridized carbons (Fsp3) is 0.833. The van der Waals surface area contributed by atoms with Gasteiger partial charge in [-0.05, 0) is 18.4 Å². The standard InChI is InChI=1S/C5H11NO2S.CH5NOS.H2NOS/c1-9-3-2-4(6)5(7)8;1-4(2)3;1-3-2/h4H,2-3,6H2,1H3,(H,7,8);2H2,1H3;1,3H/q;;-1/t4-;;/m0../s1. The predicted octanol–water partition coefficient (Wildman–Crippen LogP) is -0.701. The fourth-order valence-electron chi connectivity index (χ4n) is 0.368. The van der Waals surface area contributed by atoms with Gasteiger partial charge in [0, 0.05) is 11.4 Å². The summed E-state index contributed by atoms with van der Waals surface area (Å²) in [6, 6.07) is -0.683. The van der Waals surface area contributed by atoms with E-state index in [0.29, 0.717) is 6.42 Å². The molecule has 7 nitrogen and oxygen atoms in total. The lowest BCUT2D eigenvalue weighted by atomic mass is 10.2. The van der Waals surface area contributed by atoms with Gasteiger partial charge in [0.25, 0.3) is 0 Å². The summed E-state index contributed by atoms with van der Waals surface area (Å²) in [5.41, 5.74) is 5.19. The highest BCUT2D eigenvalue weighted by atomic mass is 32.2. The van der Waals surface area contributed by atoms with E-state index in [2.05, 4.69) is 5.14 Å². The number of nitrogens with two attached hydrogens (primary N) is 2. The molecule has 0 amide bonds. The van der Waals surface area contributed by atoms with E-state index in [-0.39, 0.29) is 0 Å². The number of hydrogen-bond acceptors (Lipinski definition) is 8. The van der Waals surface area contributed by atoms with Gasteiger partial charge in [-0.2, -0.15) is 16.9 Å². The second-order valence-electron chi connectivity index (χ2n) is 2.32. The summed E-state index contributed by atoms with van der Waals surface area (Å²) in [6.07, 6.45) is 3.89. The number of nitrogens with one attached hydrogen (secondary N) is 1. The van der Waals surface area contributed by atoms with Gasteiger partial charge in [0.1, 0.15) is 12.3 Å². The van der Waals surface area contributed by atoms with Crippen molar-refractivity contribution in [2.24, 2.45) is 10.9 Å². The monoisotopic (exact) mass is 292 g/mol. The minimum Gasteiger partial charge on any atom is -0.599 e. The summed E-state index contributed by atoms with van der Waals surface area (Å²) in [5, 5.41) is 12.9. The summed E-state index contributed by atoms with van der Waals surface area (Å²) in [4.78, 5) is 10.1. The quantitative estimate of drug-likeness (QED) is 0.303. The highest BCUT2D eigenvalue weighted by Crippen LogP contribution is 1.97. The Kier molecular flexibility index (Phi) is 23.2. The molecule has 6 N–H and O–H groups in total. The molecule has 0 spiro atoms. The number of carboxylic acids is 1. The van der Waals surface area contributed by atoms with Crippen LogP contribution in [-0.2, 0) is 31.8 Å². The van der Waals surface area contributed by atoms with E-state index in [9.17, 15) is 9.35 Å². The summed E-state index contributed by atoms with van der Waals surface area (Å²) in [6.45, 7) is 0. The number of carbonyl (C=O) groups is 1. The third kappa shape index (κ3) is 37.0. The van der Waals surface area contributed by atoms with Crippen molar-refractivity contribution >= 4 is 40.6 Å². The van der Waals surface area contributed by atoms with Gasteiger partial charge in [-0.25, -0.2) is 11.5 Å². The Labute approximate surface area is 106 Å². The highest BCUT2D eigenvalue weighted by Gasteiger charge is 2.08. The van der Waals surface area contributed by atoms with Crippen LogP contribution < -0.4 is 10.9 Å². The molecular formula is C6H18N3O4S3-. The maximum Gasteiger partial charge on any atom is 0.320 e. The van der Waals surface area contributed by atoms with Crippen LogP contribution in [0.3, 0.4) is 0 Å². The molecule has 10 heteroatoms. The van der Waals surface area contributed by atoms with Gasteiger partial charge in [-0.3, -0.25) is 4.79 Å². The SMILES string of the molecule is CSCC[C@H](N)C(=O)O.C[S+](N)[O-].N=[SH-]=O. The summed E-state index contributed by atoms with van der Waals surface area (Å²) < 4.78 is 23.5. The summed E-state index contributed by atoms with van der Waals surface area (Å²) >= 11 is -0.0904. The van der Waals surface area contributed by atoms with Crippen molar-refractivity contribution < 1.29 is 18.7 Å². The van der Waals surface area contributed by atoms with E-state index >= 15 is 0 Å². The minimum atomic E-state index is -1.11. The van der Waals surface area contributed by atoms with Gasteiger partial charge in [0.05, 0.1) is 0 Å². The molecule has 0 bridgehead atoms. The number of thioether (sulfide) groups is 1. The zero-order valence-electron chi connectivity index (χ0n) is 9.08. The van der Waals surface area contributed by atoms with Crippen LogP contribution in [0.15, 0.2) is 0 Å². The van der Waals surface area contributed by atoms with Crippen LogP contribution >= 0.6 is 11.8 Å². The van der Waals surface area contributed by atoms with Crippen LogP contribution in [0.5, 0.6) is 0 Å². The first kappa shape index (κ1) is 21.3. The van der Waals surface area contributed by atoms with Gasteiger partial charge < -0.3 is 24.4 Å². The molecule has 16 heavy (non-hydrogen) atoms. The van der Waals surface area contributed by atoms with Crippen LogP contribution in [0.4, 0.5) is 0 Å². The Hall–Kier alpha value is -0.000000000000000111. The van der Waals surface area contributed by atoms with Gasteiger partial charge in [-0.1, -0.05) is 0 Å². The van der Waals surface area contributed by atoms with Crippen molar-refractivity contribution in [3.63, 3.8) is 0 Å². The van der Waals surface area contributed by atoms with Crippen molar-refractivity contribution in [1.82, 2.24) is 0 Å². The van der Waals surface area contributed by atoms with Crippen LogP contribution in [0.25, 0.3) is 0 Å². The zero-order valence-corrected chi connectivity index (χ0v) is 11.6. The number of rotatable bonds is 4. The maximum absolute atomic E-state index is 10.1. The smallest absolute Gasteiger partial charge is 0.320 e. The van der Waals surface area contributed by atoms with E-state index in [1.165, 1.54) is 6.26 Å². The zero-order chi connectivity index (χ0) is 13.6. The molecule has 0 fully saturated rings. The number of aliphatic carboxylic acids is 1. The highest BCUT2D eigenvalue weighted by molar-refractivity contribution is 7.98. The van der Waals surface area contributed by atoms with E-state index in [1.807, 2.05) is 6.26 Å². The Morgan fingerprint density at radius 1 is 1.75 bits per heavy atom. The van der Waals surface area contributed by atoms with Gasteiger partial charge >= 0.3 is 5.97 Å². The van der Waals surface area contributed by atoms with Crippen LogP contribution in [-0.4, -0.2) is 39.9 Å². The Bertz CT molecular complexity index is 197. The lowest BCUT2D eigenvalue weighted by Crippen LogP contribution is -2.30. The Morgan fingerprint density at radius 2 is 2.06 bits per heavy atom. The molecule has 0 saturated heterocycles. The van der Waals surface area contributed by atoms with E-state index in [4.69, 9.17) is 19.8 Å². The van der Waals surface area contributed by atoms with Crippen LogP contribution in [0.2, 0.25) is 0 Å². The molecule has 0 saturated carbocycles. The van der Waals surface area contributed by atoms with Crippen molar-refractivity contribution in [3.05, 3.63) is 0 Å². The van der Waals surface area contributed by atoms with E-state index in [1.54, 1.807) is 11.8 Å². The largest absolute Gasteiger partial charge is 0.599 e. The van der Waals surface area contributed by atoms with E-state index in [0.717, 1.165) is 5.75 Å². The van der Waals surface area contributed by atoms with Crippen molar-refractivity contribution in [2.45, 2.75) is 12.5 Å². The minimum absolute atomic E-state index is 0.552. The van der Waals surface area contributed by atoms with Gasteiger partial charge in [-0.15, -0.1) is 0 Å².